The van der Waals surface area contributed by atoms with Crippen molar-refractivity contribution < 1.29 is 37.1 Å². The minimum absolute atomic E-state index is 0.0501. The Labute approximate surface area is 216 Å². The molecular formula is C28H26F4N2O4. The Bertz CT molecular complexity index is 1280. The van der Waals surface area contributed by atoms with Gasteiger partial charge >= 0.3 is 12.1 Å². The molecule has 1 heterocycles. The van der Waals surface area contributed by atoms with Gasteiger partial charge in [-0.2, -0.15) is 13.2 Å². The molecule has 0 saturated heterocycles. The molecule has 0 aliphatic carbocycles. The molecule has 0 radical (unpaired) electrons. The van der Waals surface area contributed by atoms with Gasteiger partial charge in [0.15, 0.2) is 0 Å². The van der Waals surface area contributed by atoms with Gasteiger partial charge < -0.3 is 15.3 Å². The number of aryl methyl sites for hydroxylation is 1. The summed E-state index contributed by atoms with van der Waals surface area (Å²) in [7, 11) is 0. The fourth-order valence-electron chi connectivity index (χ4n) is 3.82. The number of nitrogens with zero attached hydrogens (tertiary/aromatic N) is 1. The van der Waals surface area contributed by atoms with Crippen LogP contribution in [0.25, 0.3) is 0 Å². The lowest BCUT2D eigenvalue weighted by atomic mass is 10.1. The molecule has 0 bridgehead atoms. The number of carboxylic acid groups (broad SMARTS) is 1. The molecule has 6 nitrogen and oxygen atoms in total. The molecule has 0 fully saturated rings. The van der Waals surface area contributed by atoms with E-state index in [1.54, 1.807) is 35.2 Å². The van der Waals surface area contributed by atoms with Crippen LogP contribution in [-0.2, 0) is 29.1 Å². The van der Waals surface area contributed by atoms with Crippen LogP contribution in [0.4, 0.5) is 23.2 Å². The molecule has 10 heteroatoms. The van der Waals surface area contributed by atoms with Crippen molar-refractivity contribution in [2.45, 2.75) is 44.9 Å². The Morgan fingerprint density at radius 2 is 1.61 bits per heavy atom. The van der Waals surface area contributed by atoms with E-state index in [1.807, 2.05) is 30.3 Å². The van der Waals surface area contributed by atoms with Gasteiger partial charge in [-0.05, 0) is 41.8 Å². The van der Waals surface area contributed by atoms with Gasteiger partial charge in [-0.1, -0.05) is 48.5 Å². The zero-order valence-corrected chi connectivity index (χ0v) is 20.3. The maximum Gasteiger partial charge on any atom is 0.389 e. The first kappa shape index (κ1) is 28.4. The van der Waals surface area contributed by atoms with E-state index in [0.29, 0.717) is 41.9 Å². The first-order chi connectivity index (χ1) is 18.0. The minimum atomic E-state index is -4.36. The van der Waals surface area contributed by atoms with Crippen molar-refractivity contribution in [2.75, 3.05) is 5.32 Å². The number of nitrogens with one attached hydrogen (secondary N) is 1. The minimum Gasteiger partial charge on any atom is -0.481 e. The Balaban J connectivity index is 0.000000211. The van der Waals surface area contributed by atoms with Crippen molar-refractivity contribution in [3.63, 3.8) is 0 Å². The topological polar surface area (TPSA) is 86.7 Å². The standard InChI is InChI=1S/C15H12FNO.C13H14F3NO3/c16-14-8-4-7-12-13(14)10-17(15(12)18)9-11-5-2-1-3-6-11;14-13(15,16)7-6-11(18)17-10-3-1-2-9(8-10)4-5-12(19)20/h1-8H,9-10H2;1-3,8H,4-7H2,(H,17,18)(H,19,20). The summed E-state index contributed by atoms with van der Waals surface area (Å²) < 4.78 is 49.5. The number of carboxylic acids is 1. The lowest BCUT2D eigenvalue weighted by Gasteiger charge is -2.15. The van der Waals surface area contributed by atoms with E-state index >= 15 is 0 Å². The highest BCUT2D eigenvalue weighted by Crippen LogP contribution is 2.26. The quantitative estimate of drug-likeness (QED) is 0.352. The fourth-order valence-corrected chi connectivity index (χ4v) is 3.82. The van der Waals surface area contributed by atoms with Crippen LogP contribution in [0.5, 0.6) is 0 Å². The lowest BCUT2D eigenvalue weighted by Crippen LogP contribution is -2.23. The Hall–Kier alpha value is -4.21. The normalized spacial score (nSPS) is 12.4. The van der Waals surface area contributed by atoms with Crippen molar-refractivity contribution in [3.05, 3.63) is 101 Å². The third-order valence-electron chi connectivity index (χ3n) is 5.68. The van der Waals surface area contributed by atoms with Crippen molar-refractivity contribution in [1.82, 2.24) is 4.90 Å². The second-order valence-corrected chi connectivity index (χ2v) is 8.67. The van der Waals surface area contributed by atoms with E-state index in [9.17, 15) is 31.9 Å². The second kappa shape index (κ2) is 12.8. The molecule has 0 unspecified atom stereocenters. The van der Waals surface area contributed by atoms with Crippen molar-refractivity contribution in [3.8, 4) is 0 Å². The molecule has 4 rings (SSSR count). The van der Waals surface area contributed by atoms with Gasteiger partial charge in [-0.15, -0.1) is 0 Å². The SMILES string of the molecule is O=C(O)CCc1cccc(NC(=O)CCC(F)(F)F)c1.O=C1c2cccc(F)c2CN1Cc1ccccc1. The number of carbonyl (C=O) groups excluding carboxylic acids is 2. The van der Waals surface area contributed by atoms with Crippen LogP contribution in [0, 0.1) is 5.82 Å². The van der Waals surface area contributed by atoms with Crippen LogP contribution < -0.4 is 5.32 Å². The van der Waals surface area contributed by atoms with E-state index in [0.717, 1.165) is 5.56 Å². The molecule has 38 heavy (non-hydrogen) atoms. The van der Waals surface area contributed by atoms with Crippen LogP contribution in [-0.4, -0.2) is 34.0 Å². The Morgan fingerprint density at radius 3 is 2.26 bits per heavy atom. The summed E-state index contributed by atoms with van der Waals surface area (Å²) in [6, 6.07) is 20.8. The number of fused-ring (bicyclic) bond motifs is 1. The number of amides is 2. The number of benzene rings is 3. The monoisotopic (exact) mass is 530 g/mol. The van der Waals surface area contributed by atoms with Crippen LogP contribution in [0.1, 0.15) is 46.3 Å². The fraction of sp³-hybridized carbons (Fsp3) is 0.250. The first-order valence-corrected chi connectivity index (χ1v) is 11.8. The average molecular weight is 531 g/mol. The van der Waals surface area contributed by atoms with Gasteiger partial charge in [0.25, 0.3) is 5.91 Å². The third-order valence-corrected chi connectivity index (χ3v) is 5.68. The van der Waals surface area contributed by atoms with Crippen molar-refractivity contribution in [2.24, 2.45) is 0 Å². The Kier molecular flexibility index (Phi) is 9.59. The van der Waals surface area contributed by atoms with E-state index in [2.05, 4.69) is 5.32 Å². The summed E-state index contributed by atoms with van der Waals surface area (Å²) >= 11 is 0. The van der Waals surface area contributed by atoms with Crippen LogP contribution in [0.15, 0.2) is 72.8 Å². The number of hydrogen-bond donors (Lipinski definition) is 2. The molecule has 0 atom stereocenters. The highest BCUT2D eigenvalue weighted by molar-refractivity contribution is 5.98. The number of rotatable bonds is 8. The van der Waals surface area contributed by atoms with E-state index in [-0.39, 0.29) is 18.1 Å². The first-order valence-electron chi connectivity index (χ1n) is 11.8. The largest absolute Gasteiger partial charge is 0.481 e. The maximum absolute atomic E-state index is 13.6. The summed E-state index contributed by atoms with van der Waals surface area (Å²) in [4.78, 5) is 35.6. The zero-order valence-electron chi connectivity index (χ0n) is 20.3. The van der Waals surface area contributed by atoms with Gasteiger partial charge in [0.05, 0.1) is 13.0 Å². The molecule has 1 aliphatic heterocycles. The molecule has 2 amide bonds. The molecule has 1 aliphatic rings. The summed E-state index contributed by atoms with van der Waals surface area (Å²) in [5, 5.41) is 10.9. The van der Waals surface area contributed by atoms with Crippen molar-refractivity contribution in [1.29, 1.82) is 0 Å². The summed E-state index contributed by atoms with van der Waals surface area (Å²) in [5.74, 6) is -2.05. The van der Waals surface area contributed by atoms with E-state index in [1.165, 1.54) is 12.1 Å². The highest BCUT2D eigenvalue weighted by atomic mass is 19.4. The molecule has 3 aromatic carbocycles. The summed E-state index contributed by atoms with van der Waals surface area (Å²) in [6.45, 7) is 0.878. The average Bonchev–Trinajstić information content (AvgIpc) is 3.19. The van der Waals surface area contributed by atoms with E-state index in [4.69, 9.17) is 5.11 Å². The number of carbonyl (C=O) groups is 3. The molecule has 0 spiro atoms. The molecule has 2 N–H and O–H groups in total. The number of hydrogen-bond acceptors (Lipinski definition) is 3. The van der Waals surface area contributed by atoms with Gasteiger partial charge in [-0.25, -0.2) is 4.39 Å². The lowest BCUT2D eigenvalue weighted by molar-refractivity contribution is -0.142. The molecule has 0 aromatic heterocycles. The third kappa shape index (κ3) is 8.72. The molecular weight excluding hydrogens is 504 g/mol. The van der Waals surface area contributed by atoms with Crippen molar-refractivity contribution >= 4 is 23.5 Å². The number of alkyl halides is 3. The smallest absolute Gasteiger partial charge is 0.389 e. The van der Waals surface area contributed by atoms with Crippen LogP contribution in [0.3, 0.4) is 0 Å². The zero-order chi connectivity index (χ0) is 27.7. The van der Waals surface area contributed by atoms with Crippen LogP contribution in [0.2, 0.25) is 0 Å². The molecule has 0 saturated carbocycles. The van der Waals surface area contributed by atoms with Gasteiger partial charge in [0.2, 0.25) is 5.91 Å². The summed E-state index contributed by atoms with van der Waals surface area (Å²) in [6.07, 6.45) is -5.92. The van der Waals surface area contributed by atoms with Gasteiger partial charge in [-0.3, -0.25) is 14.4 Å². The number of halogens is 4. The van der Waals surface area contributed by atoms with Gasteiger partial charge in [0.1, 0.15) is 5.82 Å². The molecule has 200 valence electrons. The van der Waals surface area contributed by atoms with Crippen LogP contribution >= 0.6 is 0 Å². The number of aliphatic carboxylic acids is 1. The summed E-state index contributed by atoms with van der Waals surface area (Å²) in [5.41, 5.74) is 3.12. The number of anilines is 1. The second-order valence-electron chi connectivity index (χ2n) is 8.67. The highest BCUT2D eigenvalue weighted by Gasteiger charge is 2.29. The van der Waals surface area contributed by atoms with Gasteiger partial charge in [0, 0.05) is 36.2 Å². The Morgan fingerprint density at radius 1 is 0.921 bits per heavy atom. The predicted molar refractivity (Wildman–Crippen MR) is 133 cm³/mol. The van der Waals surface area contributed by atoms with E-state index < -0.39 is 30.9 Å². The maximum atomic E-state index is 13.6. The molecule has 3 aromatic rings. The predicted octanol–water partition coefficient (Wildman–Crippen LogP) is 5.97.